The van der Waals surface area contributed by atoms with Crippen molar-refractivity contribution in [2.24, 2.45) is 0 Å². The predicted molar refractivity (Wildman–Crippen MR) is 353 cm³/mol. The molecule has 0 aliphatic carbocycles. The Labute approximate surface area is 660 Å². The van der Waals surface area contributed by atoms with Gasteiger partial charge in [-0.25, -0.2) is 0 Å². The zero-order valence-electron chi connectivity index (χ0n) is 61.9. The van der Waals surface area contributed by atoms with Crippen LogP contribution in [0.25, 0.3) is 0 Å². The second kappa shape index (κ2) is 41.9. The Hall–Kier alpha value is -3.02. The van der Waals surface area contributed by atoms with Crippen molar-refractivity contribution in [3.05, 3.63) is 0 Å². The Morgan fingerprint density at radius 3 is 0.803 bits per heavy atom. The van der Waals surface area contributed by atoms with Gasteiger partial charge in [0.15, 0.2) is 62.9 Å². The van der Waals surface area contributed by atoms with Gasteiger partial charge in [0.05, 0.1) is 66.1 Å². The summed E-state index contributed by atoms with van der Waals surface area (Å²) < 4.78 is 111. The van der Waals surface area contributed by atoms with Crippen LogP contribution >= 0.6 is 0 Å². The molecule has 32 N–H and O–H groups in total. The fourth-order valence-electron chi connectivity index (χ4n) is 15.0. The summed E-state index contributed by atoms with van der Waals surface area (Å²) in [4.78, 5) is 25.2. The summed E-state index contributed by atoms with van der Waals surface area (Å²) in [5, 5.41) is 336. The second-order valence-corrected chi connectivity index (χ2v) is 29.5. The van der Waals surface area contributed by atoms with Crippen molar-refractivity contribution >= 4 is 11.8 Å². The number of hydrogen-bond acceptors (Lipinski definition) is 51. The lowest BCUT2D eigenvalue weighted by Crippen LogP contribution is -2.70. The van der Waals surface area contributed by atoms with Gasteiger partial charge in [-0.1, -0.05) is 0 Å². The number of nitrogens with one attached hydrogen (secondary N) is 2. The maximum atomic E-state index is 13.0. The van der Waals surface area contributed by atoms with Crippen molar-refractivity contribution in [2.45, 2.75) is 321 Å². The average molecular weight is 1720 g/mol. The van der Waals surface area contributed by atoms with Gasteiger partial charge in [-0.3, -0.25) is 9.59 Å². The van der Waals surface area contributed by atoms with Gasteiger partial charge >= 0.3 is 0 Å². The molecule has 0 saturated carbocycles. The molecule has 0 aromatic heterocycles. The van der Waals surface area contributed by atoms with Gasteiger partial charge in [-0.05, 0) is 0 Å². The minimum atomic E-state index is -2.66. The van der Waals surface area contributed by atoms with E-state index in [1.165, 1.54) is 0 Å². The minimum absolute atomic E-state index is 0.806. The van der Waals surface area contributed by atoms with E-state index in [-0.39, 0.29) is 0 Å². The summed E-state index contributed by atoms with van der Waals surface area (Å²) >= 11 is 0. The molecule has 53 nitrogen and oxygen atoms in total. The first-order valence-corrected chi connectivity index (χ1v) is 37.2. The third-order valence-corrected chi connectivity index (χ3v) is 21.7. The molecule has 50 atom stereocenters. The van der Waals surface area contributed by atoms with Gasteiger partial charge in [0.25, 0.3) is 0 Å². The van der Waals surface area contributed by atoms with Crippen LogP contribution in [0.2, 0.25) is 0 Å². The van der Waals surface area contributed by atoms with E-state index in [4.69, 9.17) is 90.0 Å². The van der Waals surface area contributed by atoms with Crippen LogP contribution in [-0.2, 0) is 99.6 Å². The summed E-state index contributed by atoms with van der Waals surface area (Å²) in [5.41, 5.74) is 0. The average Bonchev–Trinajstić information content (AvgIpc) is 0.766. The molecular weight excluding hydrogens is 1610 g/mol. The molecule has 0 aromatic carbocycles. The highest BCUT2D eigenvalue weighted by molar-refractivity contribution is 5.73. The lowest BCUT2D eigenvalue weighted by atomic mass is 9.94. The molecule has 10 heterocycles. The molecule has 53 heteroatoms. The number of carbonyl (C=O) groups is 2. The highest BCUT2D eigenvalue weighted by Gasteiger charge is 2.61. The fraction of sp³-hybridized carbons (Fsp3) is 0.969. The van der Waals surface area contributed by atoms with Crippen LogP contribution in [0.5, 0.6) is 0 Å². The smallest absolute Gasteiger partial charge is 0.217 e. The number of ether oxygens (including phenoxy) is 19. The molecule has 680 valence electrons. The molecule has 10 fully saturated rings. The van der Waals surface area contributed by atoms with Gasteiger partial charge in [0, 0.05) is 13.8 Å². The van der Waals surface area contributed by atoms with Crippen molar-refractivity contribution in [3.63, 3.8) is 0 Å². The predicted octanol–water partition coefficient (Wildman–Crippen LogP) is -22.5. The highest BCUT2D eigenvalue weighted by Crippen LogP contribution is 2.40. The minimum Gasteiger partial charge on any atom is -0.394 e. The topological polar surface area (TPSA) is 840 Å². The largest absolute Gasteiger partial charge is 0.394 e. The van der Waals surface area contributed by atoms with Gasteiger partial charge in [-0.15, -0.1) is 0 Å². The van der Waals surface area contributed by atoms with Gasteiger partial charge in [0.2, 0.25) is 11.8 Å². The normalized spacial score (nSPS) is 51.5. The number of rotatable bonds is 30. The van der Waals surface area contributed by atoms with Gasteiger partial charge < -0.3 is 254 Å². The van der Waals surface area contributed by atoms with Crippen molar-refractivity contribution in [1.82, 2.24) is 10.6 Å². The molecule has 10 aliphatic rings. The number of aliphatic hydroxyl groups is 30. The Balaban J connectivity index is 1.00. The third-order valence-electron chi connectivity index (χ3n) is 21.7. The fourth-order valence-corrected chi connectivity index (χ4v) is 15.0. The van der Waals surface area contributed by atoms with E-state index in [2.05, 4.69) is 10.6 Å². The second-order valence-electron chi connectivity index (χ2n) is 29.5. The highest BCUT2D eigenvalue weighted by atomic mass is 16.8. The van der Waals surface area contributed by atoms with Crippen molar-refractivity contribution in [2.75, 3.05) is 66.1 Å². The first kappa shape index (κ1) is 96.2. The standard InChI is InChI=1S/C64H108N2O51/c1-13(75)65-25-35(85)48(21(9-73)101-55(25)98)111-56-26(66-14(2)76)36(86)49(22(10-74)108-56)112-60-46(96)51(34(84)23(109-60)11-100-63-53(41(91)31(81)19(7-71)106-63)117-64-54(42(92)32(82)20(8-72)107-64)116-59-45(95)39(89)29(79)17(5-69)104-59)114-61-47(97)50(113-57-43(93)37(87)27(77)15(3-67)102-57)33(83)24(110-61)12-99-62-52(40(90)30(80)18(6-70)105-62)115-58-44(94)38(88)28(78)16(4-68)103-58/h15-64,67-74,77-98H,3-12H2,1-2H3,(H,65,75)(H,66,76)/t15-,16-,17-,18-,19-,20-,21-,22-,23-,24-,25-,26-,27-,28-,29-,30-,31-,32-,33-,34-,35-,36-,37+,38+,39+,40+,41+,42+,43+,44+,45+,46+,47+,48-,49-,50+,51+,52+,53+,54+,55?,56+,57-,58-,59-,60+,61-,62+,63+,64-/m1/s1. The van der Waals surface area contributed by atoms with E-state index in [9.17, 15) is 163 Å². The van der Waals surface area contributed by atoms with E-state index in [1.54, 1.807) is 0 Å². The van der Waals surface area contributed by atoms with Crippen molar-refractivity contribution in [1.29, 1.82) is 0 Å². The molecule has 117 heavy (non-hydrogen) atoms. The van der Waals surface area contributed by atoms with Crippen molar-refractivity contribution in [3.8, 4) is 0 Å². The van der Waals surface area contributed by atoms with Crippen LogP contribution in [0.3, 0.4) is 0 Å². The Bertz CT molecular complexity index is 3050. The lowest BCUT2D eigenvalue weighted by Gasteiger charge is -2.51. The van der Waals surface area contributed by atoms with E-state index in [0.717, 1.165) is 13.8 Å². The Morgan fingerprint density at radius 1 is 0.222 bits per heavy atom. The van der Waals surface area contributed by atoms with Crippen molar-refractivity contribution < 1.29 is 253 Å². The molecule has 0 radical (unpaired) electrons. The molecule has 2 amide bonds. The molecule has 0 bridgehead atoms. The molecule has 10 rings (SSSR count). The van der Waals surface area contributed by atoms with Crippen LogP contribution in [0.4, 0.5) is 0 Å². The summed E-state index contributed by atoms with van der Waals surface area (Å²) in [7, 11) is 0. The number of carbonyl (C=O) groups excluding carboxylic acids is 2. The first-order chi connectivity index (χ1) is 55.4. The summed E-state index contributed by atoms with van der Waals surface area (Å²) in [5.74, 6) is -1.78. The van der Waals surface area contributed by atoms with E-state index >= 15 is 0 Å². The number of hydrogen-bond donors (Lipinski definition) is 32. The zero-order chi connectivity index (χ0) is 85.9. The van der Waals surface area contributed by atoms with Crippen LogP contribution in [0.15, 0.2) is 0 Å². The third kappa shape index (κ3) is 20.7. The van der Waals surface area contributed by atoms with Crippen LogP contribution in [0.1, 0.15) is 13.8 Å². The Morgan fingerprint density at radius 2 is 0.462 bits per heavy atom. The summed E-state index contributed by atoms with van der Waals surface area (Å²) in [6.45, 7) is -9.28. The van der Waals surface area contributed by atoms with Crippen LogP contribution in [0, 0.1) is 0 Å². The SMILES string of the molecule is CC(=O)N[C@H]1[C@H](O[C@H]2[C@H](O)[C@@H](NC(C)=O)C(O)O[C@@H]2CO)O[C@H](CO)[C@@H](O[C@@H]2O[C@H](CO[C@H]3O[C@H](CO)[C@@H](O)[C@H](O)[C@@H]3O[C@H]3O[C@H](CO)[C@@H](O)[C@H](O)[C@@H]3O[C@H]3O[C@H](CO)[C@@H](O)[C@H](O)[C@@H]3O)[C@@H](O)[C@H](O[C@H]3O[C@H](CO[C@H]4O[C@H](CO)[C@@H](O)[C@H](O)[C@@H]4O[C@H]4O[C@H](CO)[C@@H](O)[C@H](O)[C@@H]4O)[C@@H](O)[C@H](O[C@H]4O[C@H](CO)[C@@H](O)[C@H](O)[C@@H]4O)[C@@H]3O)[C@@H]2O)[C@@H]1O. The van der Waals surface area contributed by atoms with Crippen LogP contribution in [-0.4, -0.2) is 538 Å². The summed E-state index contributed by atoms with van der Waals surface area (Å²) in [6, 6.07) is -3.64. The Kier molecular flexibility index (Phi) is 34.4. The maximum absolute atomic E-state index is 13.0. The molecule has 10 saturated heterocycles. The van der Waals surface area contributed by atoms with E-state index in [0.29, 0.717) is 0 Å². The zero-order valence-corrected chi connectivity index (χ0v) is 61.9. The maximum Gasteiger partial charge on any atom is 0.217 e. The van der Waals surface area contributed by atoms with Crippen LogP contribution < -0.4 is 10.6 Å². The lowest BCUT2D eigenvalue weighted by molar-refractivity contribution is -0.402. The monoisotopic (exact) mass is 1720 g/mol. The first-order valence-electron chi connectivity index (χ1n) is 37.2. The number of amides is 2. The van der Waals surface area contributed by atoms with E-state index in [1.807, 2.05) is 0 Å². The quantitative estimate of drug-likeness (QED) is 0.0318. The molecule has 1 unspecified atom stereocenters. The molecule has 10 aliphatic heterocycles. The summed E-state index contributed by atoms with van der Waals surface area (Å²) in [6.07, 6.45) is -104. The molecular formula is C64H108N2O51. The van der Waals surface area contributed by atoms with E-state index < -0.39 is 385 Å². The molecule has 0 spiro atoms. The molecule has 0 aromatic rings. The number of aliphatic hydroxyl groups excluding tert-OH is 30. The van der Waals surface area contributed by atoms with Gasteiger partial charge in [0.1, 0.15) is 244 Å². The van der Waals surface area contributed by atoms with Gasteiger partial charge in [-0.2, -0.15) is 0 Å².